The van der Waals surface area contributed by atoms with Gasteiger partial charge in [0.2, 0.25) is 0 Å². The third kappa shape index (κ3) is 1.74. The molecule has 6 aliphatic carbocycles. The summed E-state index contributed by atoms with van der Waals surface area (Å²) in [7, 11) is 0. The lowest BCUT2D eigenvalue weighted by atomic mass is 9.46. The minimum atomic E-state index is -0.704. The van der Waals surface area contributed by atoms with Crippen molar-refractivity contribution < 1.29 is 10.2 Å². The van der Waals surface area contributed by atoms with Gasteiger partial charge in [-0.1, -0.05) is 39.8 Å². The maximum atomic E-state index is 10.9. The lowest BCUT2D eigenvalue weighted by Crippen LogP contribution is -2.54. The fraction of sp³-hybridized carbons (Fsp3) is 0.800. The van der Waals surface area contributed by atoms with Gasteiger partial charge in [-0.05, 0) is 71.3 Å². The number of fused-ring (bicyclic) bond motifs is 2. The van der Waals surface area contributed by atoms with Crippen LogP contribution in [-0.4, -0.2) is 22.4 Å². The van der Waals surface area contributed by atoms with Crippen molar-refractivity contribution in [3.8, 4) is 0 Å². The van der Waals surface area contributed by atoms with Crippen LogP contribution in [0.1, 0.15) is 53.4 Å². The van der Waals surface area contributed by atoms with Crippen molar-refractivity contribution >= 4 is 0 Å². The SMILES string of the molecule is CC1(C)C2CC=C(C(O)C(O)C3=CCC4CC3C4(C)C)C1C2. The summed E-state index contributed by atoms with van der Waals surface area (Å²) in [6.07, 6.45) is 7.55. The maximum Gasteiger partial charge on any atom is 0.105 e. The van der Waals surface area contributed by atoms with Crippen molar-refractivity contribution in [3.05, 3.63) is 23.3 Å². The molecule has 0 spiro atoms. The Morgan fingerprint density at radius 2 is 1.18 bits per heavy atom. The molecule has 0 radical (unpaired) electrons. The normalized spacial score (nSPS) is 43.2. The molecule has 22 heavy (non-hydrogen) atoms. The highest BCUT2D eigenvalue weighted by Gasteiger charge is 2.56. The first-order valence-corrected chi connectivity index (χ1v) is 9.00. The highest BCUT2D eigenvalue weighted by molar-refractivity contribution is 5.33. The number of allylic oxidation sites excluding steroid dienone is 2. The summed E-state index contributed by atoms with van der Waals surface area (Å²) >= 11 is 0. The van der Waals surface area contributed by atoms with Gasteiger partial charge in [-0.2, -0.15) is 0 Å². The van der Waals surface area contributed by atoms with Crippen LogP contribution in [0.2, 0.25) is 0 Å². The van der Waals surface area contributed by atoms with Gasteiger partial charge in [0.05, 0.1) is 0 Å². The van der Waals surface area contributed by atoms with Crippen molar-refractivity contribution in [2.24, 2.45) is 34.5 Å². The van der Waals surface area contributed by atoms with Crippen LogP contribution < -0.4 is 0 Å². The van der Waals surface area contributed by atoms with Crippen molar-refractivity contribution in [2.45, 2.75) is 65.6 Å². The van der Waals surface area contributed by atoms with E-state index in [9.17, 15) is 10.2 Å². The van der Waals surface area contributed by atoms with E-state index in [1.54, 1.807) is 0 Å². The predicted octanol–water partition coefficient (Wildman–Crippen LogP) is 3.69. The number of hydrogen-bond acceptors (Lipinski definition) is 2. The molecule has 0 amide bonds. The van der Waals surface area contributed by atoms with Crippen molar-refractivity contribution in [1.82, 2.24) is 0 Å². The maximum absolute atomic E-state index is 10.9. The topological polar surface area (TPSA) is 40.5 Å². The highest BCUT2D eigenvalue weighted by Crippen LogP contribution is 2.62. The van der Waals surface area contributed by atoms with Crippen LogP contribution in [0, 0.1) is 34.5 Å². The molecule has 0 aromatic heterocycles. The fourth-order valence-electron chi connectivity index (χ4n) is 5.82. The van der Waals surface area contributed by atoms with Gasteiger partial charge < -0.3 is 10.2 Å². The van der Waals surface area contributed by atoms with Gasteiger partial charge in [0, 0.05) is 0 Å². The molecule has 2 saturated carbocycles. The predicted molar refractivity (Wildman–Crippen MR) is 88.2 cm³/mol. The van der Waals surface area contributed by atoms with Crippen molar-refractivity contribution in [3.63, 3.8) is 0 Å². The van der Waals surface area contributed by atoms with Gasteiger partial charge in [0.1, 0.15) is 12.2 Å². The third-order valence-corrected chi connectivity index (χ3v) is 8.00. The van der Waals surface area contributed by atoms with Crippen LogP contribution >= 0.6 is 0 Å². The van der Waals surface area contributed by atoms with E-state index < -0.39 is 12.2 Å². The Balaban J connectivity index is 1.55. The Bertz CT molecular complexity index is 504. The molecule has 2 nitrogen and oxygen atoms in total. The minimum absolute atomic E-state index is 0.298. The molecule has 0 saturated heterocycles. The Labute approximate surface area is 134 Å². The lowest BCUT2D eigenvalue weighted by molar-refractivity contribution is -0.0545. The monoisotopic (exact) mass is 302 g/mol. The van der Waals surface area contributed by atoms with Gasteiger partial charge in [-0.3, -0.25) is 0 Å². The summed E-state index contributed by atoms with van der Waals surface area (Å²) in [6, 6.07) is 0. The van der Waals surface area contributed by atoms with E-state index in [4.69, 9.17) is 0 Å². The zero-order valence-electron chi connectivity index (χ0n) is 14.3. The van der Waals surface area contributed by atoms with Gasteiger partial charge in [0.15, 0.2) is 0 Å². The van der Waals surface area contributed by atoms with E-state index in [-0.39, 0.29) is 0 Å². The molecule has 0 aromatic rings. The van der Waals surface area contributed by atoms with E-state index in [0.29, 0.717) is 22.7 Å². The second kappa shape index (κ2) is 4.48. The molecule has 0 aliphatic heterocycles. The Morgan fingerprint density at radius 1 is 0.818 bits per heavy atom. The highest BCUT2D eigenvalue weighted by atomic mass is 16.3. The summed E-state index contributed by atoms with van der Waals surface area (Å²) in [6.45, 7) is 9.27. The molecule has 6 rings (SSSR count). The third-order valence-electron chi connectivity index (χ3n) is 8.00. The molecule has 2 N–H and O–H groups in total. The molecule has 2 fully saturated rings. The smallest absolute Gasteiger partial charge is 0.105 e. The quantitative estimate of drug-likeness (QED) is 0.781. The summed E-state index contributed by atoms with van der Waals surface area (Å²) in [5.41, 5.74) is 2.82. The van der Waals surface area contributed by atoms with E-state index in [1.165, 1.54) is 12.8 Å². The molecule has 6 unspecified atom stereocenters. The van der Waals surface area contributed by atoms with Gasteiger partial charge in [-0.15, -0.1) is 0 Å². The molecule has 4 bridgehead atoms. The van der Waals surface area contributed by atoms with Crippen LogP contribution in [0.4, 0.5) is 0 Å². The van der Waals surface area contributed by atoms with E-state index in [1.807, 2.05) is 0 Å². The average Bonchev–Trinajstić information content (AvgIpc) is 2.53. The molecule has 0 aromatic carbocycles. The Kier molecular flexibility index (Phi) is 3.05. The first-order chi connectivity index (χ1) is 10.2. The van der Waals surface area contributed by atoms with E-state index in [2.05, 4.69) is 39.8 Å². The van der Waals surface area contributed by atoms with E-state index >= 15 is 0 Å². The number of rotatable bonds is 3. The number of aliphatic hydroxyl groups excluding tert-OH is 2. The van der Waals surface area contributed by atoms with Gasteiger partial charge in [0.25, 0.3) is 0 Å². The molecular formula is C20H30O2. The van der Waals surface area contributed by atoms with Crippen LogP contribution in [0.3, 0.4) is 0 Å². The second-order valence-corrected chi connectivity index (χ2v) is 9.38. The van der Waals surface area contributed by atoms with Crippen LogP contribution in [0.5, 0.6) is 0 Å². The zero-order valence-corrected chi connectivity index (χ0v) is 14.3. The summed E-state index contributed by atoms with van der Waals surface area (Å²) in [5, 5.41) is 21.7. The number of aliphatic hydroxyl groups is 2. The lowest BCUT2D eigenvalue weighted by Gasteiger charge is -2.59. The zero-order chi connectivity index (χ0) is 15.9. The first-order valence-electron chi connectivity index (χ1n) is 9.00. The summed E-state index contributed by atoms with van der Waals surface area (Å²) in [5.74, 6) is 2.46. The number of hydrogen-bond donors (Lipinski definition) is 2. The summed E-state index contributed by atoms with van der Waals surface area (Å²) < 4.78 is 0. The van der Waals surface area contributed by atoms with Crippen LogP contribution in [0.15, 0.2) is 23.3 Å². The standard InChI is InChI=1S/C20H30O2/c1-19(2)11-5-7-13(15(19)9-11)17(21)18(22)14-8-6-12-10-16(14)20(12,3)4/h7-8,11-12,15-18,21-22H,5-6,9-10H2,1-4H3. The molecule has 6 aliphatic rings. The fourth-order valence-corrected chi connectivity index (χ4v) is 5.82. The van der Waals surface area contributed by atoms with Crippen molar-refractivity contribution in [1.29, 1.82) is 0 Å². The van der Waals surface area contributed by atoms with Crippen LogP contribution in [-0.2, 0) is 0 Å². The Morgan fingerprint density at radius 3 is 1.45 bits per heavy atom. The van der Waals surface area contributed by atoms with Crippen LogP contribution in [0.25, 0.3) is 0 Å². The van der Waals surface area contributed by atoms with Crippen molar-refractivity contribution in [2.75, 3.05) is 0 Å². The largest absolute Gasteiger partial charge is 0.386 e. The summed E-state index contributed by atoms with van der Waals surface area (Å²) in [4.78, 5) is 0. The molecule has 2 heteroatoms. The Hall–Kier alpha value is -0.600. The minimum Gasteiger partial charge on any atom is -0.386 e. The van der Waals surface area contributed by atoms with Gasteiger partial charge >= 0.3 is 0 Å². The molecule has 0 heterocycles. The van der Waals surface area contributed by atoms with E-state index in [0.717, 1.165) is 35.8 Å². The molecule has 122 valence electrons. The second-order valence-electron chi connectivity index (χ2n) is 9.38. The average molecular weight is 302 g/mol. The molecular weight excluding hydrogens is 272 g/mol. The first kappa shape index (κ1) is 15.0. The van der Waals surface area contributed by atoms with Gasteiger partial charge in [-0.25, -0.2) is 0 Å². The molecule has 6 atom stereocenters.